The largest absolute Gasteiger partial charge is 0.467 e. The van der Waals surface area contributed by atoms with E-state index < -0.39 is 5.54 Å². The number of hydrogen-bond donors (Lipinski definition) is 1. The summed E-state index contributed by atoms with van der Waals surface area (Å²) in [5.74, 6) is -0.311. The minimum Gasteiger partial charge on any atom is -0.467 e. The number of fused-ring (bicyclic) bond motifs is 1. The topological polar surface area (TPSA) is 38.3 Å². The van der Waals surface area contributed by atoms with Gasteiger partial charge in [0.2, 0.25) is 0 Å². The lowest BCUT2D eigenvalue weighted by atomic mass is 9.90. The molecule has 3 heteroatoms. The van der Waals surface area contributed by atoms with Gasteiger partial charge in [0, 0.05) is 6.54 Å². The lowest BCUT2D eigenvalue weighted by Crippen LogP contribution is -2.47. The summed E-state index contributed by atoms with van der Waals surface area (Å²) in [5.41, 5.74) is -0.00244. The molecular formula is C17H19NO2. The fourth-order valence-electron chi connectivity index (χ4n) is 2.27. The van der Waals surface area contributed by atoms with Crippen LogP contribution in [0, 0.1) is 0 Å². The van der Waals surface area contributed by atoms with Crippen LogP contribution in [0.5, 0.6) is 0 Å². The summed E-state index contributed by atoms with van der Waals surface area (Å²) in [5, 5.41) is 5.43. The van der Waals surface area contributed by atoms with Gasteiger partial charge in [-0.25, -0.2) is 4.79 Å². The first-order valence-corrected chi connectivity index (χ1v) is 6.55. The van der Waals surface area contributed by atoms with Crippen molar-refractivity contribution in [3.05, 3.63) is 60.7 Å². The van der Waals surface area contributed by atoms with Crippen LogP contribution in [-0.4, -0.2) is 19.6 Å². The summed E-state index contributed by atoms with van der Waals surface area (Å²) in [6.45, 7) is 6.03. The monoisotopic (exact) mass is 269 g/mol. The first kappa shape index (κ1) is 14.3. The molecule has 0 aliphatic carbocycles. The van der Waals surface area contributed by atoms with Gasteiger partial charge in [-0.05, 0) is 29.3 Å². The fourth-order valence-corrected chi connectivity index (χ4v) is 2.27. The molecule has 0 aliphatic rings. The molecule has 2 aromatic carbocycles. The van der Waals surface area contributed by atoms with E-state index in [0.717, 1.165) is 16.3 Å². The van der Waals surface area contributed by atoms with E-state index in [9.17, 15) is 4.79 Å². The van der Waals surface area contributed by atoms with Crippen molar-refractivity contribution in [3.8, 4) is 0 Å². The van der Waals surface area contributed by atoms with E-state index in [1.807, 2.05) is 49.4 Å². The van der Waals surface area contributed by atoms with Gasteiger partial charge >= 0.3 is 5.97 Å². The predicted octanol–water partition coefficient (Wildman–Crippen LogP) is 3.00. The molecule has 3 nitrogen and oxygen atoms in total. The Morgan fingerprint density at radius 3 is 2.65 bits per heavy atom. The third-order valence-corrected chi connectivity index (χ3v) is 3.52. The van der Waals surface area contributed by atoms with E-state index >= 15 is 0 Å². The van der Waals surface area contributed by atoms with E-state index in [0.29, 0.717) is 6.54 Å². The van der Waals surface area contributed by atoms with Gasteiger partial charge in [0.1, 0.15) is 5.54 Å². The minimum absolute atomic E-state index is 0.311. The summed E-state index contributed by atoms with van der Waals surface area (Å²) in [6.07, 6.45) is 1.72. The molecule has 0 amide bonds. The van der Waals surface area contributed by atoms with Gasteiger partial charge < -0.3 is 4.74 Å². The van der Waals surface area contributed by atoms with Crippen molar-refractivity contribution in [1.82, 2.24) is 5.32 Å². The van der Waals surface area contributed by atoms with Crippen LogP contribution in [0.25, 0.3) is 10.8 Å². The molecule has 0 aliphatic heterocycles. The number of esters is 1. The summed E-state index contributed by atoms with van der Waals surface area (Å²) in [6, 6.07) is 14.0. The molecule has 0 saturated heterocycles. The number of benzene rings is 2. The Labute approximate surface area is 119 Å². The maximum atomic E-state index is 12.2. The first-order valence-electron chi connectivity index (χ1n) is 6.55. The van der Waals surface area contributed by atoms with E-state index in [1.165, 1.54) is 7.11 Å². The third-order valence-electron chi connectivity index (χ3n) is 3.52. The van der Waals surface area contributed by atoms with Crippen LogP contribution in [0.3, 0.4) is 0 Å². The van der Waals surface area contributed by atoms with E-state index in [1.54, 1.807) is 6.08 Å². The van der Waals surface area contributed by atoms with Gasteiger partial charge in [-0.2, -0.15) is 0 Å². The third kappa shape index (κ3) is 2.58. The molecule has 0 heterocycles. The second-order valence-corrected chi connectivity index (χ2v) is 4.85. The second kappa shape index (κ2) is 5.88. The van der Waals surface area contributed by atoms with Crippen molar-refractivity contribution in [1.29, 1.82) is 0 Å². The second-order valence-electron chi connectivity index (χ2n) is 4.85. The fraction of sp³-hybridized carbons (Fsp3) is 0.235. The van der Waals surface area contributed by atoms with Crippen molar-refractivity contribution in [2.24, 2.45) is 0 Å². The molecule has 1 unspecified atom stereocenters. The Balaban J connectivity index is 2.49. The number of hydrogen-bond acceptors (Lipinski definition) is 3. The zero-order chi connectivity index (χ0) is 14.6. The van der Waals surface area contributed by atoms with Gasteiger partial charge in [-0.15, -0.1) is 6.58 Å². The van der Waals surface area contributed by atoms with Crippen molar-refractivity contribution >= 4 is 16.7 Å². The smallest absolute Gasteiger partial charge is 0.330 e. The van der Waals surface area contributed by atoms with Crippen LogP contribution in [0.4, 0.5) is 0 Å². The maximum Gasteiger partial charge on any atom is 0.330 e. The quantitative estimate of drug-likeness (QED) is 0.670. The van der Waals surface area contributed by atoms with E-state index in [-0.39, 0.29) is 5.97 Å². The molecule has 104 valence electrons. The lowest BCUT2D eigenvalue weighted by Gasteiger charge is -2.28. The van der Waals surface area contributed by atoms with Crippen LogP contribution >= 0.6 is 0 Å². The molecule has 0 saturated carbocycles. The van der Waals surface area contributed by atoms with Crippen molar-refractivity contribution < 1.29 is 9.53 Å². The maximum absolute atomic E-state index is 12.2. The van der Waals surface area contributed by atoms with Crippen LogP contribution in [0.1, 0.15) is 12.5 Å². The van der Waals surface area contributed by atoms with Crippen LogP contribution < -0.4 is 5.32 Å². The van der Waals surface area contributed by atoms with Gasteiger partial charge in [0.05, 0.1) is 7.11 Å². The molecule has 2 rings (SSSR count). The number of carbonyl (C=O) groups is 1. The highest BCUT2D eigenvalue weighted by molar-refractivity contribution is 5.87. The molecule has 0 radical (unpaired) electrons. The lowest BCUT2D eigenvalue weighted by molar-refractivity contribution is -0.148. The zero-order valence-corrected chi connectivity index (χ0v) is 11.8. The summed E-state index contributed by atoms with van der Waals surface area (Å²) in [4.78, 5) is 12.2. The zero-order valence-electron chi connectivity index (χ0n) is 11.8. The van der Waals surface area contributed by atoms with Crippen LogP contribution in [-0.2, 0) is 15.1 Å². The van der Waals surface area contributed by atoms with Gasteiger partial charge in [0.25, 0.3) is 0 Å². The van der Waals surface area contributed by atoms with Crippen molar-refractivity contribution in [2.45, 2.75) is 12.5 Å². The summed E-state index contributed by atoms with van der Waals surface area (Å²) in [7, 11) is 1.40. The molecule has 0 spiro atoms. The molecule has 2 aromatic rings. The molecule has 1 atom stereocenters. The predicted molar refractivity (Wildman–Crippen MR) is 81.5 cm³/mol. The Morgan fingerprint density at radius 2 is 2.00 bits per heavy atom. The molecule has 20 heavy (non-hydrogen) atoms. The van der Waals surface area contributed by atoms with Gasteiger partial charge in [0.15, 0.2) is 0 Å². The van der Waals surface area contributed by atoms with Gasteiger partial charge in [-0.1, -0.05) is 42.5 Å². The molecule has 0 bridgehead atoms. The Morgan fingerprint density at radius 1 is 1.30 bits per heavy atom. The van der Waals surface area contributed by atoms with E-state index in [2.05, 4.69) is 11.9 Å². The Hall–Kier alpha value is -2.13. The average molecular weight is 269 g/mol. The highest BCUT2D eigenvalue weighted by atomic mass is 16.5. The first-order chi connectivity index (χ1) is 9.61. The molecule has 0 fully saturated rings. The van der Waals surface area contributed by atoms with Crippen molar-refractivity contribution in [2.75, 3.05) is 13.7 Å². The normalized spacial score (nSPS) is 13.7. The van der Waals surface area contributed by atoms with Gasteiger partial charge in [-0.3, -0.25) is 5.32 Å². The van der Waals surface area contributed by atoms with E-state index in [4.69, 9.17) is 4.74 Å². The number of rotatable bonds is 5. The molecular weight excluding hydrogens is 250 g/mol. The highest BCUT2D eigenvalue weighted by Gasteiger charge is 2.35. The minimum atomic E-state index is -0.882. The van der Waals surface area contributed by atoms with Crippen molar-refractivity contribution in [3.63, 3.8) is 0 Å². The van der Waals surface area contributed by atoms with Crippen LogP contribution in [0.2, 0.25) is 0 Å². The summed E-state index contributed by atoms with van der Waals surface area (Å²) < 4.78 is 4.94. The number of methoxy groups -OCH3 is 1. The Kier molecular flexibility index (Phi) is 4.20. The summed E-state index contributed by atoms with van der Waals surface area (Å²) >= 11 is 0. The van der Waals surface area contributed by atoms with Crippen LogP contribution in [0.15, 0.2) is 55.1 Å². The highest BCUT2D eigenvalue weighted by Crippen LogP contribution is 2.26. The number of nitrogens with one attached hydrogen (secondary N) is 1. The number of ether oxygens (including phenoxy) is 1. The average Bonchev–Trinajstić information content (AvgIpc) is 2.51. The molecule has 0 aromatic heterocycles. The molecule has 1 N–H and O–H groups in total. The standard InChI is InChI=1S/C17H19NO2/c1-4-11-18-17(2,16(19)20-3)15-10-9-13-7-5-6-8-14(13)12-15/h4-10,12,18H,1,11H2,2-3H3. The SMILES string of the molecule is C=CCNC(C)(C(=O)OC)c1ccc2ccccc2c1. The number of carbonyl (C=O) groups excluding carboxylic acids is 1. The Bertz CT molecular complexity index is 636.